The van der Waals surface area contributed by atoms with Gasteiger partial charge in [-0.05, 0) is 38.6 Å². The Morgan fingerprint density at radius 1 is 1.28 bits per heavy atom. The smallest absolute Gasteiger partial charge is 0.125 e. The minimum Gasteiger partial charge on any atom is -0.311 e. The molecule has 0 bridgehead atoms. The Morgan fingerprint density at radius 3 is 2.67 bits per heavy atom. The van der Waals surface area contributed by atoms with Crippen molar-refractivity contribution in [1.82, 2.24) is 15.3 Å². The van der Waals surface area contributed by atoms with Crippen LogP contribution in [0.4, 0.5) is 0 Å². The largest absolute Gasteiger partial charge is 0.311 e. The van der Waals surface area contributed by atoms with E-state index < -0.39 is 0 Å². The van der Waals surface area contributed by atoms with E-state index in [1.165, 1.54) is 9.75 Å². The second kappa shape index (κ2) is 6.07. The Balaban J connectivity index is 2.14. The maximum Gasteiger partial charge on any atom is 0.125 e. The highest BCUT2D eigenvalue weighted by Gasteiger charge is 2.13. The molecule has 1 atom stereocenters. The highest BCUT2D eigenvalue weighted by molar-refractivity contribution is 7.11. The van der Waals surface area contributed by atoms with Crippen molar-refractivity contribution in [1.29, 1.82) is 0 Å². The van der Waals surface area contributed by atoms with E-state index >= 15 is 0 Å². The van der Waals surface area contributed by atoms with Crippen LogP contribution in [0.2, 0.25) is 0 Å². The first-order valence-corrected chi connectivity index (χ1v) is 7.09. The fourth-order valence-corrected chi connectivity index (χ4v) is 2.95. The van der Waals surface area contributed by atoms with Crippen molar-refractivity contribution in [3.63, 3.8) is 0 Å². The summed E-state index contributed by atoms with van der Waals surface area (Å²) >= 11 is 1.89. The minimum atomic E-state index is 0.259. The van der Waals surface area contributed by atoms with Crippen LogP contribution in [0.15, 0.2) is 24.4 Å². The molecule has 0 aliphatic carbocycles. The summed E-state index contributed by atoms with van der Waals surface area (Å²) in [6.07, 6.45) is 3.92. The number of hydrogen-bond donors (Lipinski definition) is 1. The number of aromatic nitrogens is 2. The molecule has 1 unspecified atom stereocenters. The van der Waals surface area contributed by atoms with Gasteiger partial charge >= 0.3 is 0 Å². The molecule has 0 saturated carbocycles. The number of thiophene rings is 1. The summed E-state index contributed by atoms with van der Waals surface area (Å²) in [5.74, 6) is 0.827. The molecule has 1 N–H and O–H groups in total. The molecule has 2 aromatic rings. The second-order valence-electron chi connectivity index (χ2n) is 4.30. The van der Waals surface area contributed by atoms with Crippen molar-refractivity contribution in [3.05, 3.63) is 45.7 Å². The van der Waals surface area contributed by atoms with Gasteiger partial charge in [0, 0.05) is 22.4 Å². The molecule has 0 spiro atoms. The van der Waals surface area contributed by atoms with Gasteiger partial charge in [-0.15, -0.1) is 11.3 Å². The predicted octanol–water partition coefficient (Wildman–Crippen LogP) is 2.91. The van der Waals surface area contributed by atoms with Gasteiger partial charge in [-0.1, -0.05) is 6.92 Å². The fourth-order valence-electron chi connectivity index (χ4n) is 1.95. The second-order valence-corrected chi connectivity index (χ2v) is 5.55. The van der Waals surface area contributed by atoms with E-state index in [1.54, 1.807) is 0 Å². The van der Waals surface area contributed by atoms with Gasteiger partial charge in [-0.3, -0.25) is 0 Å². The Bertz CT molecular complexity index is 507. The average molecular weight is 261 g/mol. The molecule has 0 aromatic carbocycles. The van der Waals surface area contributed by atoms with Gasteiger partial charge in [0.05, 0.1) is 11.7 Å². The van der Waals surface area contributed by atoms with Crippen LogP contribution in [-0.2, 0) is 12.8 Å². The van der Waals surface area contributed by atoms with Crippen LogP contribution in [0.1, 0.15) is 34.2 Å². The average Bonchev–Trinajstić information content (AvgIpc) is 2.83. The molecule has 4 heteroatoms. The van der Waals surface area contributed by atoms with Crippen molar-refractivity contribution in [2.45, 2.75) is 32.7 Å². The van der Waals surface area contributed by atoms with E-state index in [4.69, 9.17) is 0 Å². The minimum absolute atomic E-state index is 0.259. The van der Waals surface area contributed by atoms with Crippen LogP contribution in [-0.4, -0.2) is 17.0 Å². The van der Waals surface area contributed by atoms with E-state index in [2.05, 4.69) is 34.3 Å². The zero-order valence-corrected chi connectivity index (χ0v) is 11.9. The summed E-state index contributed by atoms with van der Waals surface area (Å²) in [4.78, 5) is 11.5. The van der Waals surface area contributed by atoms with Gasteiger partial charge in [0.1, 0.15) is 5.82 Å². The highest BCUT2D eigenvalue weighted by Crippen LogP contribution is 2.23. The monoisotopic (exact) mass is 261 g/mol. The lowest BCUT2D eigenvalue weighted by Gasteiger charge is -2.14. The summed E-state index contributed by atoms with van der Waals surface area (Å²) in [6.45, 7) is 4.12. The van der Waals surface area contributed by atoms with Crippen molar-refractivity contribution in [2.75, 3.05) is 7.05 Å². The Morgan fingerprint density at radius 2 is 2.06 bits per heavy atom. The van der Waals surface area contributed by atoms with Crippen LogP contribution in [0.3, 0.4) is 0 Å². The zero-order chi connectivity index (χ0) is 13.0. The van der Waals surface area contributed by atoms with E-state index in [0.717, 1.165) is 24.4 Å². The molecule has 0 saturated heterocycles. The number of nitrogens with zero attached hydrogens (tertiary/aromatic N) is 2. The van der Waals surface area contributed by atoms with Crippen LogP contribution in [0.25, 0.3) is 0 Å². The third-order valence-corrected chi connectivity index (χ3v) is 4.23. The Labute approximate surface area is 112 Å². The molecule has 0 fully saturated rings. The molecule has 2 aromatic heterocycles. The van der Waals surface area contributed by atoms with Crippen molar-refractivity contribution >= 4 is 11.3 Å². The summed E-state index contributed by atoms with van der Waals surface area (Å²) < 4.78 is 0. The van der Waals surface area contributed by atoms with Gasteiger partial charge in [0.25, 0.3) is 0 Å². The third kappa shape index (κ3) is 3.15. The fraction of sp³-hybridized carbons (Fsp3) is 0.429. The van der Waals surface area contributed by atoms with Gasteiger partial charge in [0.15, 0.2) is 0 Å². The standard InChI is InChI=1S/C14H19N3S/c1-4-11-5-6-12(18-11)9-14(15-3)13-7-8-16-10(2)17-13/h5-8,14-15H,4,9H2,1-3H3. The first-order valence-electron chi connectivity index (χ1n) is 6.27. The molecule has 0 aliphatic rings. The maximum atomic E-state index is 4.50. The van der Waals surface area contributed by atoms with Crippen molar-refractivity contribution in [3.8, 4) is 0 Å². The molecule has 0 aliphatic heterocycles. The number of nitrogens with one attached hydrogen (secondary N) is 1. The highest BCUT2D eigenvalue weighted by atomic mass is 32.1. The molecule has 18 heavy (non-hydrogen) atoms. The quantitative estimate of drug-likeness (QED) is 0.899. The van der Waals surface area contributed by atoms with Crippen LogP contribution in [0, 0.1) is 6.92 Å². The number of aryl methyl sites for hydroxylation is 2. The lowest BCUT2D eigenvalue weighted by molar-refractivity contribution is 0.576. The summed E-state index contributed by atoms with van der Waals surface area (Å²) in [5.41, 5.74) is 1.07. The molecular weight excluding hydrogens is 242 g/mol. The summed E-state index contributed by atoms with van der Waals surface area (Å²) in [5, 5.41) is 3.34. The topological polar surface area (TPSA) is 37.8 Å². The Kier molecular flexibility index (Phi) is 4.44. The van der Waals surface area contributed by atoms with Crippen LogP contribution in [0.5, 0.6) is 0 Å². The maximum absolute atomic E-state index is 4.50. The molecule has 0 radical (unpaired) electrons. The van der Waals surface area contributed by atoms with E-state index in [0.29, 0.717) is 0 Å². The number of rotatable bonds is 5. The first kappa shape index (κ1) is 13.2. The number of hydrogen-bond acceptors (Lipinski definition) is 4. The van der Waals surface area contributed by atoms with Crippen LogP contribution < -0.4 is 5.32 Å². The molecule has 0 amide bonds. The molecule has 3 nitrogen and oxygen atoms in total. The van der Waals surface area contributed by atoms with Crippen LogP contribution >= 0.6 is 11.3 Å². The zero-order valence-electron chi connectivity index (χ0n) is 11.1. The van der Waals surface area contributed by atoms with E-state index in [1.807, 2.05) is 37.6 Å². The lowest BCUT2D eigenvalue weighted by atomic mass is 10.1. The SMILES string of the molecule is CCc1ccc(CC(NC)c2ccnc(C)n2)s1. The van der Waals surface area contributed by atoms with Gasteiger partial charge in [-0.25, -0.2) is 9.97 Å². The van der Waals surface area contributed by atoms with E-state index in [9.17, 15) is 0 Å². The molecule has 2 rings (SSSR count). The summed E-state index contributed by atoms with van der Waals surface area (Å²) in [7, 11) is 1.98. The van der Waals surface area contributed by atoms with Crippen molar-refractivity contribution in [2.24, 2.45) is 0 Å². The normalized spacial score (nSPS) is 12.6. The molecule has 96 valence electrons. The Hall–Kier alpha value is -1.26. The lowest BCUT2D eigenvalue weighted by Crippen LogP contribution is -2.20. The summed E-state index contributed by atoms with van der Waals surface area (Å²) in [6, 6.07) is 6.69. The number of likely N-dealkylation sites (N-methyl/N-ethyl adjacent to an activating group) is 1. The third-order valence-electron chi connectivity index (χ3n) is 2.97. The first-order chi connectivity index (χ1) is 8.72. The van der Waals surface area contributed by atoms with Gasteiger partial charge < -0.3 is 5.32 Å². The van der Waals surface area contributed by atoms with Gasteiger partial charge in [0.2, 0.25) is 0 Å². The molecular formula is C14H19N3S. The van der Waals surface area contributed by atoms with Crippen molar-refractivity contribution < 1.29 is 0 Å². The molecule has 2 heterocycles. The predicted molar refractivity (Wildman–Crippen MR) is 76.0 cm³/mol. The van der Waals surface area contributed by atoms with E-state index in [-0.39, 0.29) is 6.04 Å². The van der Waals surface area contributed by atoms with Gasteiger partial charge in [-0.2, -0.15) is 0 Å².